The normalized spacial score (nSPS) is 20.8. The summed E-state index contributed by atoms with van der Waals surface area (Å²) in [5, 5.41) is 9.48. The Labute approximate surface area is 136 Å². The van der Waals surface area contributed by atoms with Gasteiger partial charge < -0.3 is 14.9 Å². The van der Waals surface area contributed by atoms with E-state index in [2.05, 4.69) is 12.2 Å². The van der Waals surface area contributed by atoms with E-state index in [4.69, 9.17) is 0 Å². The molecule has 5 nitrogen and oxygen atoms in total. The minimum absolute atomic E-state index is 0.0910. The molecule has 0 radical (unpaired) electrons. The van der Waals surface area contributed by atoms with Gasteiger partial charge >= 0.3 is 0 Å². The molecule has 23 heavy (non-hydrogen) atoms. The zero-order valence-electron chi connectivity index (χ0n) is 13.1. The van der Waals surface area contributed by atoms with Gasteiger partial charge in [-0.15, -0.1) is 0 Å². The number of nitrogens with zero attached hydrogens (tertiary/aromatic N) is 2. The van der Waals surface area contributed by atoms with Gasteiger partial charge in [0.2, 0.25) is 5.91 Å². The highest BCUT2D eigenvalue weighted by Crippen LogP contribution is 2.22. The number of hydrogen-bond donors (Lipinski definition) is 1. The molecule has 1 aliphatic heterocycles. The molecule has 1 saturated heterocycles. The van der Waals surface area contributed by atoms with Crippen molar-refractivity contribution in [2.75, 3.05) is 26.2 Å². The van der Waals surface area contributed by atoms with Crippen LogP contribution in [0.15, 0.2) is 36.4 Å². The van der Waals surface area contributed by atoms with Crippen LogP contribution in [0.4, 0.5) is 0 Å². The molecule has 1 aromatic carbocycles. The highest BCUT2D eigenvalue weighted by atomic mass is 16.3. The minimum Gasteiger partial charge on any atom is -0.508 e. The van der Waals surface area contributed by atoms with E-state index >= 15 is 0 Å². The van der Waals surface area contributed by atoms with Crippen molar-refractivity contribution in [1.82, 2.24) is 9.80 Å². The van der Waals surface area contributed by atoms with E-state index in [9.17, 15) is 14.7 Å². The number of benzene rings is 1. The lowest BCUT2D eigenvalue weighted by Gasteiger charge is -2.35. The summed E-state index contributed by atoms with van der Waals surface area (Å²) in [5.41, 5.74) is 0.487. The van der Waals surface area contributed by atoms with Crippen LogP contribution in [-0.2, 0) is 4.79 Å². The van der Waals surface area contributed by atoms with Crippen LogP contribution in [0.5, 0.6) is 5.75 Å². The maximum absolute atomic E-state index is 12.4. The Morgan fingerprint density at radius 3 is 2.52 bits per heavy atom. The molecule has 0 bridgehead atoms. The largest absolute Gasteiger partial charge is 0.508 e. The zero-order valence-corrected chi connectivity index (χ0v) is 13.1. The smallest absolute Gasteiger partial charge is 0.254 e. The molecule has 1 aliphatic carbocycles. The number of phenolic OH excluding ortho intramolecular Hbond substituents is 1. The van der Waals surface area contributed by atoms with Crippen LogP contribution in [0.25, 0.3) is 0 Å². The third-order valence-corrected chi connectivity index (χ3v) is 4.56. The number of allylic oxidation sites excluding steroid dienone is 2. The molecule has 1 N–H and O–H groups in total. The quantitative estimate of drug-likeness (QED) is 0.869. The summed E-state index contributed by atoms with van der Waals surface area (Å²) in [6.07, 6.45) is 7.01. The lowest BCUT2D eigenvalue weighted by molar-refractivity contribution is -0.133. The number of rotatable bonds is 3. The van der Waals surface area contributed by atoms with Crippen molar-refractivity contribution in [3.63, 3.8) is 0 Å². The number of phenols is 1. The third kappa shape index (κ3) is 3.73. The number of aromatic hydroxyl groups is 1. The van der Waals surface area contributed by atoms with Gasteiger partial charge in [0.15, 0.2) is 0 Å². The second-order valence-corrected chi connectivity index (χ2v) is 6.19. The highest BCUT2D eigenvalue weighted by Gasteiger charge is 2.26. The first-order chi connectivity index (χ1) is 11.1. The van der Waals surface area contributed by atoms with Gasteiger partial charge in [0.1, 0.15) is 5.75 Å². The summed E-state index contributed by atoms with van der Waals surface area (Å²) in [4.78, 5) is 28.3. The number of carbonyl (C=O) groups is 2. The average molecular weight is 314 g/mol. The van der Waals surface area contributed by atoms with E-state index in [1.165, 1.54) is 6.07 Å². The first kappa shape index (κ1) is 15.6. The van der Waals surface area contributed by atoms with E-state index in [0.29, 0.717) is 44.1 Å². The highest BCUT2D eigenvalue weighted by molar-refractivity contribution is 5.94. The summed E-state index contributed by atoms with van der Waals surface area (Å²) < 4.78 is 0. The summed E-state index contributed by atoms with van der Waals surface area (Å²) in [6, 6.07) is 6.39. The SMILES string of the molecule is O=C(CC1C=CCC1)N1CCN(C(=O)c2cccc(O)c2)CC1. The monoisotopic (exact) mass is 314 g/mol. The van der Waals surface area contributed by atoms with Gasteiger partial charge in [-0.2, -0.15) is 0 Å². The minimum atomic E-state index is -0.0910. The van der Waals surface area contributed by atoms with Gasteiger partial charge in [0.05, 0.1) is 0 Å². The molecule has 1 heterocycles. The summed E-state index contributed by atoms with van der Waals surface area (Å²) >= 11 is 0. The van der Waals surface area contributed by atoms with Crippen molar-refractivity contribution in [2.45, 2.75) is 19.3 Å². The molecular formula is C18H22N2O3. The molecule has 0 saturated carbocycles. The van der Waals surface area contributed by atoms with Crippen molar-refractivity contribution in [1.29, 1.82) is 0 Å². The van der Waals surface area contributed by atoms with Crippen LogP contribution < -0.4 is 0 Å². The second-order valence-electron chi connectivity index (χ2n) is 6.19. The lowest BCUT2D eigenvalue weighted by atomic mass is 10.0. The summed E-state index contributed by atoms with van der Waals surface area (Å²) in [7, 11) is 0. The van der Waals surface area contributed by atoms with Crippen molar-refractivity contribution in [3.05, 3.63) is 42.0 Å². The maximum atomic E-state index is 12.4. The van der Waals surface area contributed by atoms with Crippen LogP contribution in [0.3, 0.4) is 0 Å². The Balaban J connectivity index is 1.52. The molecule has 2 aliphatic rings. The van der Waals surface area contributed by atoms with Crippen molar-refractivity contribution >= 4 is 11.8 Å². The molecule has 0 aromatic heterocycles. The van der Waals surface area contributed by atoms with Gasteiger partial charge in [0, 0.05) is 38.2 Å². The van der Waals surface area contributed by atoms with Crippen LogP contribution in [0, 0.1) is 5.92 Å². The average Bonchev–Trinajstić information content (AvgIpc) is 3.07. The molecule has 1 fully saturated rings. The van der Waals surface area contributed by atoms with Gasteiger partial charge in [-0.1, -0.05) is 18.2 Å². The molecule has 0 spiro atoms. The molecule has 2 amide bonds. The molecule has 3 rings (SSSR count). The summed E-state index contributed by atoms with van der Waals surface area (Å²) in [6.45, 7) is 2.25. The molecule has 122 valence electrons. The van der Waals surface area contributed by atoms with E-state index in [0.717, 1.165) is 12.8 Å². The first-order valence-electron chi connectivity index (χ1n) is 8.16. The Bertz CT molecular complexity index is 618. The van der Waals surface area contributed by atoms with Crippen LogP contribution in [0.2, 0.25) is 0 Å². The topological polar surface area (TPSA) is 60.9 Å². The number of piperazine rings is 1. The standard InChI is InChI=1S/C18H22N2O3/c21-16-7-3-6-15(13-16)18(23)20-10-8-19(9-11-20)17(22)12-14-4-1-2-5-14/h1,3-4,6-7,13-14,21H,2,5,8-12H2. The molecular weight excluding hydrogens is 292 g/mol. The Kier molecular flexibility index (Phi) is 4.65. The van der Waals surface area contributed by atoms with Crippen molar-refractivity contribution in [2.24, 2.45) is 5.92 Å². The fraction of sp³-hybridized carbons (Fsp3) is 0.444. The molecule has 5 heteroatoms. The van der Waals surface area contributed by atoms with Crippen molar-refractivity contribution < 1.29 is 14.7 Å². The van der Waals surface area contributed by atoms with Gasteiger partial charge in [-0.3, -0.25) is 9.59 Å². The number of amides is 2. The Morgan fingerprint density at radius 1 is 1.13 bits per heavy atom. The Hall–Kier alpha value is -2.30. The van der Waals surface area contributed by atoms with E-state index in [-0.39, 0.29) is 17.6 Å². The molecule has 1 aromatic rings. The lowest BCUT2D eigenvalue weighted by Crippen LogP contribution is -2.50. The van der Waals surface area contributed by atoms with Crippen molar-refractivity contribution in [3.8, 4) is 5.75 Å². The zero-order chi connectivity index (χ0) is 16.2. The second kappa shape index (κ2) is 6.86. The van der Waals surface area contributed by atoms with E-state index in [1.54, 1.807) is 23.1 Å². The van der Waals surface area contributed by atoms with Crippen LogP contribution >= 0.6 is 0 Å². The Morgan fingerprint density at radius 2 is 1.87 bits per heavy atom. The van der Waals surface area contributed by atoms with Gasteiger partial charge in [-0.05, 0) is 37.0 Å². The summed E-state index contributed by atoms with van der Waals surface area (Å²) in [5.74, 6) is 0.571. The first-order valence-corrected chi connectivity index (χ1v) is 8.16. The number of carbonyl (C=O) groups excluding carboxylic acids is 2. The predicted molar refractivity (Wildman–Crippen MR) is 87.1 cm³/mol. The van der Waals surface area contributed by atoms with E-state index in [1.807, 2.05) is 4.90 Å². The van der Waals surface area contributed by atoms with Gasteiger partial charge in [0.25, 0.3) is 5.91 Å². The third-order valence-electron chi connectivity index (χ3n) is 4.56. The fourth-order valence-electron chi connectivity index (χ4n) is 3.20. The van der Waals surface area contributed by atoms with Gasteiger partial charge in [-0.25, -0.2) is 0 Å². The maximum Gasteiger partial charge on any atom is 0.254 e. The number of hydrogen-bond acceptors (Lipinski definition) is 3. The van der Waals surface area contributed by atoms with Crippen LogP contribution in [-0.4, -0.2) is 52.9 Å². The molecule has 1 atom stereocenters. The van der Waals surface area contributed by atoms with E-state index < -0.39 is 0 Å². The predicted octanol–water partition coefficient (Wildman–Crippen LogP) is 2.03. The van der Waals surface area contributed by atoms with Crippen LogP contribution in [0.1, 0.15) is 29.6 Å². The molecule has 1 unspecified atom stereocenters. The fourth-order valence-corrected chi connectivity index (χ4v) is 3.20.